The number of rotatable bonds is 6. The molecule has 1 aromatic carbocycles. The Hall–Kier alpha value is -1.94. The Labute approximate surface area is 125 Å². The molecule has 21 heavy (non-hydrogen) atoms. The molecule has 1 heterocycles. The molecule has 1 N–H and O–H groups in total. The van der Waals surface area contributed by atoms with Crippen LogP contribution in [-0.2, 0) is 6.54 Å². The first-order valence-corrected chi connectivity index (χ1v) is 7.27. The molecule has 0 fully saturated rings. The molecule has 0 spiro atoms. The summed E-state index contributed by atoms with van der Waals surface area (Å²) < 4.78 is 13.9. The minimum Gasteiger partial charge on any atom is -0.353 e. The molecule has 2 rings (SSSR count). The molecule has 0 aliphatic rings. The van der Waals surface area contributed by atoms with E-state index >= 15 is 0 Å². The van der Waals surface area contributed by atoms with Crippen LogP contribution in [0.5, 0.6) is 0 Å². The topological polar surface area (TPSA) is 28.2 Å². The minimum absolute atomic E-state index is 0.0758. The fourth-order valence-corrected chi connectivity index (χ4v) is 2.24. The number of nitrogens with one attached hydrogen (secondary N) is 1. The zero-order chi connectivity index (χ0) is 15.2. The van der Waals surface area contributed by atoms with Gasteiger partial charge in [-0.2, -0.15) is 0 Å². The molecule has 1 unspecified atom stereocenters. The van der Waals surface area contributed by atoms with Crippen molar-refractivity contribution < 1.29 is 4.39 Å². The van der Waals surface area contributed by atoms with Gasteiger partial charge in [-0.1, -0.05) is 31.2 Å². The number of aromatic nitrogens is 1. The first-order valence-electron chi connectivity index (χ1n) is 7.27. The molecule has 0 aliphatic carbocycles. The van der Waals surface area contributed by atoms with Crippen LogP contribution in [0.4, 0.5) is 10.2 Å². The number of nitrogens with zero attached hydrogens (tertiary/aromatic N) is 2. The van der Waals surface area contributed by atoms with Crippen molar-refractivity contribution in [2.75, 3.05) is 18.5 Å². The second-order valence-corrected chi connectivity index (χ2v) is 5.08. The van der Waals surface area contributed by atoms with Crippen molar-refractivity contribution in [3.8, 4) is 0 Å². The van der Waals surface area contributed by atoms with Gasteiger partial charge in [0.15, 0.2) is 0 Å². The van der Waals surface area contributed by atoms with Gasteiger partial charge < -0.3 is 10.2 Å². The highest BCUT2D eigenvalue weighted by molar-refractivity contribution is 5.42. The summed E-state index contributed by atoms with van der Waals surface area (Å²) >= 11 is 0. The second-order valence-electron chi connectivity index (χ2n) is 5.08. The molecular weight excluding hydrogens is 265 g/mol. The maximum absolute atomic E-state index is 13.9. The normalized spacial score (nSPS) is 12.2. The van der Waals surface area contributed by atoms with E-state index in [9.17, 15) is 4.39 Å². The van der Waals surface area contributed by atoms with Crippen LogP contribution < -0.4 is 10.2 Å². The predicted octanol–water partition coefficient (Wildman–Crippen LogP) is 3.53. The lowest BCUT2D eigenvalue weighted by molar-refractivity contribution is 0.583. The van der Waals surface area contributed by atoms with Gasteiger partial charge in [0.05, 0.1) is 11.7 Å². The second kappa shape index (κ2) is 7.18. The molecule has 0 aliphatic heterocycles. The Morgan fingerprint density at radius 3 is 2.67 bits per heavy atom. The van der Waals surface area contributed by atoms with Crippen molar-refractivity contribution in [3.05, 3.63) is 59.5 Å². The highest BCUT2D eigenvalue weighted by Crippen LogP contribution is 2.25. The highest BCUT2D eigenvalue weighted by atomic mass is 19.1. The molecule has 4 heteroatoms. The maximum atomic E-state index is 13.9. The lowest BCUT2D eigenvalue weighted by atomic mass is 10.1. The van der Waals surface area contributed by atoms with Gasteiger partial charge in [0.2, 0.25) is 0 Å². The highest BCUT2D eigenvalue weighted by Gasteiger charge is 2.16. The van der Waals surface area contributed by atoms with Crippen molar-refractivity contribution in [2.24, 2.45) is 0 Å². The summed E-state index contributed by atoms with van der Waals surface area (Å²) in [6.07, 6.45) is 0. The summed E-state index contributed by atoms with van der Waals surface area (Å²) in [6.45, 7) is 5.70. The Balaban J connectivity index is 2.19. The van der Waals surface area contributed by atoms with Gasteiger partial charge in [-0.25, -0.2) is 9.37 Å². The minimum atomic E-state index is -0.180. The third-order valence-corrected chi connectivity index (χ3v) is 3.65. The van der Waals surface area contributed by atoms with E-state index in [-0.39, 0.29) is 11.9 Å². The van der Waals surface area contributed by atoms with Crippen molar-refractivity contribution >= 4 is 5.82 Å². The zero-order valence-electron chi connectivity index (χ0n) is 12.8. The van der Waals surface area contributed by atoms with Gasteiger partial charge in [-0.05, 0) is 31.7 Å². The average Bonchev–Trinajstić information content (AvgIpc) is 2.52. The van der Waals surface area contributed by atoms with Crippen LogP contribution >= 0.6 is 0 Å². The number of anilines is 1. The largest absolute Gasteiger partial charge is 0.353 e. The van der Waals surface area contributed by atoms with E-state index in [1.807, 2.05) is 49.2 Å². The number of hydrogen-bond donors (Lipinski definition) is 1. The fourth-order valence-electron chi connectivity index (χ4n) is 2.24. The van der Waals surface area contributed by atoms with E-state index in [1.54, 1.807) is 6.07 Å². The van der Waals surface area contributed by atoms with Crippen LogP contribution in [0.3, 0.4) is 0 Å². The monoisotopic (exact) mass is 287 g/mol. The van der Waals surface area contributed by atoms with Crippen LogP contribution in [0.1, 0.15) is 31.1 Å². The van der Waals surface area contributed by atoms with E-state index in [1.165, 1.54) is 6.07 Å². The Morgan fingerprint density at radius 2 is 1.95 bits per heavy atom. The van der Waals surface area contributed by atoms with Crippen LogP contribution in [0.15, 0.2) is 42.5 Å². The van der Waals surface area contributed by atoms with Gasteiger partial charge in [-0.15, -0.1) is 0 Å². The summed E-state index contributed by atoms with van der Waals surface area (Å²) in [4.78, 5) is 6.62. The molecule has 0 saturated heterocycles. The van der Waals surface area contributed by atoms with Crippen LogP contribution in [-0.4, -0.2) is 18.6 Å². The van der Waals surface area contributed by atoms with Crippen molar-refractivity contribution in [3.63, 3.8) is 0 Å². The third kappa shape index (κ3) is 3.79. The smallest absolute Gasteiger partial charge is 0.129 e. The molecule has 0 radical (unpaired) electrons. The molecule has 3 nitrogen and oxygen atoms in total. The molecular formula is C17H22FN3. The van der Waals surface area contributed by atoms with Gasteiger partial charge in [0.1, 0.15) is 11.6 Å². The molecule has 1 atom stereocenters. The Bertz CT molecular complexity index is 586. The zero-order valence-corrected chi connectivity index (χ0v) is 12.8. The van der Waals surface area contributed by atoms with Gasteiger partial charge in [0.25, 0.3) is 0 Å². The number of benzene rings is 1. The lowest BCUT2D eigenvalue weighted by Crippen LogP contribution is -2.24. The third-order valence-electron chi connectivity index (χ3n) is 3.65. The standard InChI is InChI=1S/C17H22FN3/c1-4-19-12-14-8-7-11-17(20-14)21(3)13(2)15-9-5-6-10-16(15)18/h5-11,13,19H,4,12H2,1-3H3. The van der Waals surface area contributed by atoms with E-state index in [2.05, 4.69) is 17.2 Å². The number of hydrogen-bond acceptors (Lipinski definition) is 3. The summed E-state index contributed by atoms with van der Waals surface area (Å²) in [6, 6.07) is 12.7. The van der Waals surface area contributed by atoms with E-state index in [4.69, 9.17) is 0 Å². The van der Waals surface area contributed by atoms with Crippen LogP contribution in [0.2, 0.25) is 0 Å². The molecule has 2 aromatic rings. The SMILES string of the molecule is CCNCc1cccc(N(C)C(C)c2ccccc2F)n1. The van der Waals surface area contributed by atoms with Crippen molar-refractivity contribution in [1.29, 1.82) is 0 Å². The van der Waals surface area contributed by atoms with Gasteiger partial charge in [0, 0.05) is 19.2 Å². The first-order chi connectivity index (χ1) is 10.1. The Kier molecular flexibility index (Phi) is 5.28. The van der Waals surface area contributed by atoms with Gasteiger partial charge in [-0.3, -0.25) is 0 Å². The summed E-state index contributed by atoms with van der Waals surface area (Å²) in [7, 11) is 1.94. The van der Waals surface area contributed by atoms with E-state index < -0.39 is 0 Å². The fraction of sp³-hybridized carbons (Fsp3) is 0.353. The molecule has 0 amide bonds. The number of halogens is 1. The molecule has 1 aromatic heterocycles. The lowest BCUT2D eigenvalue weighted by Gasteiger charge is -2.27. The van der Waals surface area contributed by atoms with E-state index in [0.29, 0.717) is 5.56 Å². The summed E-state index contributed by atoms with van der Waals surface area (Å²) in [5, 5.41) is 3.26. The Morgan fingerprint density at radius 1 is 1.19 bits per heavy atom. The molecule has 0 saturated carbocycles. The average molecular weight is 287 g/mol. The van der Waals surface area contributed by atoms with E-state index in [0.717, 1.165) is 24.6 Å². The maximum Gasteiger partial charge on any atom is 0.129 e. The number of pyridine rings is 1. The first kappa shape index (κ1) is 15.4. The van der Waals surface area contributed by atoms with Gasteiger partial charge >= 0.3 is 0 Å². The predicted molar refractivity (Wildman–Crippen MR) is 84.8 cm³/mol. The van der Waals surface area contributed by atoms with Crippen molar-refractivity contribution in [1.82, 2.24) is 10.3 Å². The van der Waals surface area contributed by atoms with Crippen LogP contribution in [0.25, 0.3) is 0 Å². The summed E-state index contributed by atoms with van der Waals surface area (Å²) in [5.74, 6) is 0.668. The summed E-state index contributed by atoms with van der Waals surface area (Å²) in [5.41, 5.74) is 1.67. The quantitative estimate of drug-likeness (QED) is 0.881. The molecule has 0 bridgehead atoms. The molecule has 112 valence electrons. The van der Waals surface area contributed by atoms with Crippen LogP contribution in [0, 0.1) is 5.82 Å². The van der Waals surface area contributed by atoms with Crippen molar-refractivity contribution in [2.45, 2.75) is 26.4 Å².